The molecule has 2 atom stereocenters. The van der Waals surface area contributed by atoms with Gasteiger partial charge in [-0.3, -0.25) is 4.79 Å². The molecule has 0 bridgehead atoms. The number of hydrogen-bond donors (Lipinski definition) is 2. The minimum atomic E-state index is -0.743. The van der Waals surface area contributed by atoms with Crippen LogP contribution < -0.4 is 5.32 Å². The zero-order valence-electron chi connectivity index (χ0n) is 11.1. The molecule has 0 saturated heterocycles. The van der Waals surface area contributed by atoms with E-state index < -0.39 is 6.10 Å². The number of nitrogens with one attached hydrogen (secondary N) is 1. The molecule has 0 spiro atoms. The maximum atomic E-state index is 12.0. The largest absolute Gasteiger partial charge is 0.386 e. The summed E-state index contributed by atoms with van der Waals surface area (Å²) in [5, 5.41) is 13.6. The van der Waals surface area contributed by atoms with Gasteiger partial charge in [0, 0.05) is 10.6 Å². The van der Waals surface area contributed by atoms with Crippen molar-refractivity contribution in [1.82, 2.24) is 5.32 Å². The third kappa shape index (κ3) is 3.59. The molecule has 0 radical (unpaired) electrons. The van der Waals surface area contributed by atoms with Crippen LogP contribution in [-0.4, -0.2) is 17.1 Å². The van der Waals surface area contributed by atoms with Crippen LogP contribution in [0, 0.1) is 0 Å². The Morgan fingerprint density at radius 3 is 2.30 bits per heavy atom. The minimum Gasteiger partial charge on any atom is -0.386 e. The van der Waals surface area contributed by atoms with Crippen molar-refractivity contribution in [2.45, 2.75) is 19.1 Å². The standard InChI is InChI=1S/C16H16ClNO2/c1-11(15(19)12-5-3-2-4-6-12)18-16(20)13-7-9-14(17)10-8-13/h2-11,15,19H,1H3,(H,18,20)/t11-,15+/m1/s1. The molecule has 104 valence electrons. The lowest BCUT2D eigenvalue weighted by Gasteiger charge is -2.20. The molecule has 3 nitrogen and oxygen atoms in total. The number of amides is 1. The molecular weight excluding hydrogens is 274 g/mol. The van der Waals surface area contributed by atoms with Gasteiger partial charge in [0.1, 0.15) is 0 Å². The smallest absolute Gasteiger partial charge is 0.251 e. The van der Waals surface area contributed by atoms with Gasteiger partial charge >= 0.3 is 0 Å². The second-order valence-electron chi connectivity index (χ2n) is 4.62. The second-order valence-corrected chi connectivity index (χ2v) is 5.06. The van der Waals surface area contributed by atoms with Crippen molar-refractivity contribution in [3.63, 3.8) is 0 Å². The summed E-state index contributed by atoms with van der Waals surface area (Å²) < 4.78 is 0. The highest BCUT2D eigenvalue weighted by Crippen LogP contribution is 2.17. The SMILES string of the molecule is C[C@@H](NC(=O)c1ccc(Cl)cc1)[C@H](O)c1ccccc1. The fourth-order valence-corrected chi connectivity index (χ4v) is 2.04. The van der Waals surface area contributed by atoms with Crippen LogP contribution in [0.1, 0.15) is 28.9 Å². The van der Waals surface area contributed by atoms with Crippen LogP contribution in [0.25, 0.3) is 0 Å². The fraction of sp³-hybridized carbons (Fsp3) is 0.188. The van der Waals surface area contributed by atoms with Gasteiger partial charge in [0.05, 0.1) is 12.1 Å². The Kier molecular flexibility index (Phi) is 4.77. The fourth-order valence-electron chi connectivity index (χ4n) is 1.91. The number of aliphatic hydroxyl groups excluding tert-OH is 1. The lowest BCUT2D eigenvalue weighted by atomic mass is 10.0. The molecule has 0 aromatic heterocycles. The topological polar surface area (TPSA) is 49.3 Å². The van der Waals surface area contributed by atoms with Gasteiger partial charge in [-0.1, -0.05) is 41.9 Å². The van der Waals surface area contributed by atoms with E-state index in [-0.39, 0.29) is 11.9 Å². The predicted molar refractivity (Wildman–Crippen MR) is 79.8 cm³/mol. The van der Waals surface area contributed by atoms with Gasteiger partial charge in [-0.25, -0.2) is 0 Å². The first kappa shape index (κ1) is 14.6. The molecule has 0 fully saturated rings. The number of benzene rings is 2. The summed E-state index contributed by atoms with van der Waals surface area (Å²) in [6.45, 7) is 1.77. The van der Waals surface area contributed by atoms with Crippen molar-refractivity contribution in [3.05, 3.63) is 70.7 Å². The average molecular weight is 290 g/mol. The summed E-state index contributed by atoms with van der Waals surface area (Å²) >= 11 is 5.78. The molecule has 0 unspecified atom stereocenters. The normalized spacial score (nSPS) is 13.6. The van der Waals surface area contributed by atoms with E-state index in [4.69, 9.17) is 11.6 Å². The van der Waals surface area contributed by atoms with Crippen molar-refractivity contribution in [2.24, 2.45) is 0 Å². The number of aliphatic hydroxyl groups is 1. The molecule has 0 aliphatic heterocycles. The highest BCUT2D eigenvalue weighted by Gasteiger charge is 2.18. The molecule has 2 rings (SSSR count). The van der Waals surface area contributed by atoms with Crippen LogP contribution in [0.5, 0.6) is 0 Å². The Balaban J connectivity index is 2.02. The molecular formula is C16H16ClNO2. The highest BCUT2D eigenvalue weighted by molar-refractivity contribution is 6.30. The van der Waals surface area contributed by atoms with Gasteiger partial charge in [0.15, 0.2) is 0 Å². The molecule has 1 amide bonds. The van der Waals surface area contributed by atoms with Crippen LogP contribution in [0.3, 0.4) is 0 Å². The quantitative estimate of drug-likeness (QED) is 0.908. The summed E-state index contributed by atoms with van der Waals surface area (Å²) in [6, 6.07) is 15.5. The third-order valence-corrected chi connectivity index (χ3v) is 3.33. The zero-order valence-corrected chi connectivity index (χ0v) is 11.8. The Morgan fingerprint density at radius 2 is 1.70 bits per heavy atom. The average Bonchev–Trinajstić information content (AvgIpc) is 2.48. The van der Waals surface area contributed by atoms with Gasteiger partial charge in [-0.05, 0) is 36.8 Å². The van der Waals surface area contributed by atoms with Crippen molar-refractivity contribution >= 4 is 17.5 Å². The van der Waals surface area contributed by atoms with Crippen molar-refractivity contribution < 1.29 is 9.90 Å². The van der Waals surface area contributed by atoms with Gasteiger partial charge in [-0.15, -0.1) is 0 Å². The lowest BCUT2D eigenvalue weighted by molar-refractivity contribution is 0.0852. The van der Waals surface area contributed by atoms with E-state index in [1.807, 2.05) is 30.3 Å². The summed E-state index contributed by atoms with van der Waals surface area (Å²) in [5.41, 5.74) is 1.29. The molecule has 0 aliphatic rings. The van der Waals surface area contributed by atoms with Crippen molar-refractivity contribution in [3.8, 4) is 0 Å². The van der Waals surface area contributed by atoms with Gasteiger partial charge in [0.2, 0.25) is 0 Å². The van der Waals surface area contributed by atoms with Crippen molar-refractivity contribution in [2.75, 3.05) is 0 Å². The van der Waals surface area contributed by atoms with Crippen LogP contribution in [0.4, 0.5) is 0 Å². The van der Waals surface area contributed by atoms with Crippen LogP contribution in [-0.2, 0) is 0 Å². The number of rotatable bonds is 4. The van der Waals surface area contributed by atoms with E-state index in [1.54, 1.807) is 31.2 Å². The molecule has 2 aromatic carbocycles. The minimum absolute atomic E-state index is 0.232. The molecule has 20 heavy (non-hydrogen) atoms. The maximum absolute atomic E-state index is 12.0. The number of carbonyl (C=O) groups excluding carboxylic acids is 1. The van der Waals surface area contributed by atoms with E-state index in [2.05, 4.69) is 5.32 Å². The van der Waals surface area contributed by atoms with Crippen molar-refractivity contribution in [1.29, 1.82) is 0 Å². The van der Waals surface area contributed by atoms with Crippen LogP contribution in [0.2, 0.25) is 5.02 Å². The van der Waals surface area contributed by atoms with Gasteiger partial charge < -0.3 is 10.4 Å². The Labute approximate surface area is 123 Å². The molecule has 2 N–H and O–H groups in total. The zero-order chi connectivity index (χ0) is 14.5. The molecule has 0 saturated carbocycles. The van der Waals surface area contributed by atoms with Crippen LogP contribution >= 0.6 is 11.6 Å². The summed E-state index contributed by atoms with van der Waals surface area (Å²) in [5.74, 6) is -0.232. The first-order chi connectivity index (χ1) is 9.58. The Hall–Kier alpha value is -1.84. The molecule has 4 heteroatoms. The summed E-state index contributed by atoms with van der Waals surface area (Å²) in [7, 11) is 0. The van der Waals surface area contributed by atoms with Gasteiger partial charge in [0.25, 0.3) is 5.91 Å². The first-order valence-electron chi connectivity index (χ1n) is 6.37. The molecule has 0 aliphatic carbocycles. The Bertz CT molecular complexity index is 569. The van der Waals surface area contributed by atoms with E-state index in [0.29, 0.717) is 10.6 Å². The highest BCUT2D eigenvalue weighted by atomic mass is 35.5. The van der Waals surface area contributed by atoms with E-state index in [0.717, 1.165) is 5.56 Å². The van der Waals surface area contributed by atoms with Gasteiger partial charge in [-0.2, -0.15) is 0 Å². The van der Waals surface area contributed by atoms with Crippen LogP contribution in [0.15, 0.2) is 54.6 Å². The Morgan fingerprint density at radius 1 is 1.10 bits per heavy atom. The number of halogens is 1. The van der Waals surface area contributed by atoms with E-state index in [1.165, 1.54) is 0 Å². The molecule has 0 heterocycles. The third-order valence-electron chi connectivity index (χ3n) is 3.08. The first-order valence-corrected chi connectivity index (χ1v) is 6.75. The lowest BCUT2D eigenvalue weighted by Crippen LogP contribution is -2.37. The van der Waals surface area contributed by atoms with E-state index >= 15 is 0 Å². The predicted octanol–water partition coefficient (Wildman–Crippen LogP) is 3.19. The van der Waals surface area contributed by atoms with E-state index in [9.17, 15) is 9.90 Å². The maximum Gasteiger partial charge on any atom is 0.251 e. The summed E-state index contributed by atoms with van der Waals surface area (Å²) in [6.07, 6.45) is -0.743. The second kappa shape index (κ2) is 6.55. The number of carbonyl (C=O) groups is 1. The monoisotopic (exact) mass is 289 g/mol. The number of hydrogen-bond acceptors (Lipinski definition) is 2. The summed E-state index contributed by atoms with van der Waals surface area (Å²) in [4.78, 5) is 12.0. The molecule has 2 aromatic rings.